The lowest BCUT2D eigenvalue weighted by molar-refractivity contribution is -0.125. The van der Waals surface area contributed by atoms with E-state index >= 15 is 0 Å². The molecule has 2 amide bonds. The largest absolute Gasteiger partial charge is 0.485 e. The maximum atomic E-state index is 12.8. The van der Waals surface area contributed by atoms with Gasteiger partial charge in [-0.05, 0) is 67.4 Å². The van der Waals surface area contributed by atoms with Crippen LogP contribution in [0.4, 0.5) is 5.69 Å². The zero-order chi connectivity index (χ0) is 24.1. The number of carbonyl (C=O) groups excluding carboxylic acids is 3. The molecule has 8 nitrogen and oxygen atoms in total. The minimum Gasteiger partial charge on any atom is -0.485 e. The normalized spacial score (nSPS) is 12.5. The molecule has 3 aromatic rings. The fraction of sp³-hybridized carbons (Fsp3) is 0.231. The highest BCUT2D eigenvalue weighted by Gasteiger charge is 2.28. The quantitative estimate of drug-likeness (QED) is 0.520. The lowest BCUT2D eigenvalue weighted by Crippen LogP contribution is -2.45. The summed E-state index contributed by atoms with van der Waals surface area (Å²) in [5.41, 5.74) is 3.66. The number of aryl methyl sites for hydroxylation is 2. The van der Waals surface area contributed by atoms with E-state index in [1.807, 2.05) is 38.1 Å². The Hall–Kier alpha value is -4.20. The average molecular weight is 460 g/mol. The van der Waals surface area contributed by atoms with Gasteiger partial charge < -0.3 is 14.8 Å². The van der Waals surface area contributed by atoms with Gasteiger partial charge in [0, 0.05) is 11.8 Å². The molecular weight excluding hydrogens is 434 g/mol. The molecule has 8 heteroatoms. The third kappa shape index (κ3) is 5.40. The molecule has 0 spiro atoms. The van der Waals surface area contributed by atoms with Crippen LogP contribution in [0.15, 0.2) is 60.8 Å². The minimum atomic E-state index is -0.364. The number of pyridine rings is 1. The van der Waals surface area contributed by atoms with Crippen molar-refractivity contribution in [1.29, 1.82) is 0 Å². The van der Waals surface area contributed by atoms with Crippen molar-refractivity contribution in [3.8, 4) is 11.5 Å². The third-order valence-corrected chi connectivity index (χ3v) is 5.57. The van der Waals surface area contributed by atoms with Crippen LogP contribution in [0.25, 0.3) is 0 Å². The van der Waals surface area contributed by atoms with Crippen LogP contribution in [0.2, 0.25) is 0 Å². The standard InChI is InChI=1S/C26H25N3O5/c1-17-6-8-21(11-18(17)2)33-15-23(30)19-7-9-24-22(12-19)29(26(32)16-34-24)14-25(31)28-13-20-5-3-4-10-27-20/h3-12H,13-16H2,1-2H3,(H,28,31). The molecule has 0 atom stereocenters. The van der Waals surface area contributed by atoms with Crippen molar-refractivity contribution in [2.24, 2.45) is 0 Å². The van der Waals surface area contributed by atoms with Gasteiger partial charge in [0.25, 0.3) is 5.91 Å². The summed E-state index contributed by atoms with van der Waals surface area (Å²) in [6.07, 6.45) is 1.64. The molecule has 0 unspecified atom stereocenters. The summed E-state index contributed by atoms with van der Waals surface area (Å²) in [6, 6.07) is 15.9. The lowest BCUT2D eigenvalue weighted by Gasteiger charge is -2.29. The third-order valence-electron chi connectivity index (χ3n) is 5.57. The van der Waals surface area contributed by atoms with Gasteiger partial charge in [-0.2, -0.15) is 0 Å². The number of fused-ring (bicyclic) bond motifs is 1. The van der Waals surface area contributed by atoms with Crippen LogP contribution in [-0.2, 0) is 16.1 Å². The molecule has 2 aromatic carbocycles. The second-order valence-electron chi connectivity index (χ2n) is 8.01. The molecule has 0 aliphatic carbocycles. The highest BCUT2D eigenvalue weighted by Crippen LogP contribution is 2.33. The van der Waals surface area contributed by atoms with Crippen molar-refractivity contribution in [3.63, 3.8) is 0 Å². The second-order valence-corrected chi connectivity index (χ2v) is 8.01. The van der Waals surface area contributed by atoms with E-state index in [1.165, 1.54) is 4.90 Å². The summed E-state index contributed by atoms with van der Waals surface area (Å²) >= 11 is 0. The van der Waals surface area contributed by atoms with Crippen LogP contribution in [0.3, 0.4) is 0 Å². The number of benzene rings is 2. The SMILES string of the molecule is Cc1ccc(OCC(=O)c2ccc3c(c2)N(CC(=O)NCc2ccccn2)C(=O)CO3)cc1C. The Balaban J connectivity index is 1.44. The van der Waals surface area contributed by atoms with E-state index in [2.05, 4.69) is 10.3 Å². The first-order valence-electron chi connectivity index (χ1n) is 10.9. The number of nitrogens with one attached hydrogen (secondary N) is 1. The van der Waals surface area contributed by atoms with Crippen molar-refractivity contribution in [3.05, 3.63) is 83.2 Å². The fourth-order valence-electron chi connectivity index (χ4n) is 3.48. The van der Waals surface area contributed by atoms with Crippen LogP contribution in [0, 0.1) is 13.8 Å². The summed E-state index contributed by atoms with van der Waals surface area (Å²) in [4.78, 5) is 43.3. The number of anilines is 1. The van der Waals surface area contributed by atoms with E-state index in [-0.39, 0.29) is 43.9 Å². The van der Waals surface area contributed by atoms with Gasteiger partial charge in [0.15, 0.2) is 19.0 Å². The maximum Gasteiger partial charge on any atom is 0.265 e. The Morgan fingerprint density at radius 2 is 1.94 bits per heavy atom. The van der Waals surface area contributed by atoms with E-state index in [0.29, 0.717) is 28.4 Å². The Morgan fingerprint density at radius 1 is 1.09 bits per heavy atom. The summed E-state index contributed by atoms with van der Waals surface area (Å²) < 4.78 is 11.1. The molecule has 2 heterocycles. The van der Waals surface area contributed by atoms with Gasteiger partial charge in [0.1, 0.15) is 18.0 Å². The molecule has 0 bridgehead atoms. The molecule has 1 N–H and O–H groups in total. The molecule has 0 saturated carbocycles. The van der Waals surface area contributed by atoms with Crippen molar-refractivity contribution in [1.82, 2.24) is 10.3 Å². The number of rotatable bonds is 8. The summed E-state index contributed by atoms with van der Waals surface area (Å²) in [5, 5.41) is 2.76. The first-order valence-corrected chi connectivity index (χ1v) is 10.9. The molecule has 0 saturated heterocycles. The maximum absolute atomic E-state index is 12.8. The van der Waals surface area contributed by atoms with Gasteiger partial charge in [-0.3, -0.25) is 24.3 Å². The molecule has 4 rings (SSSR count). The van der Waals surface area contributed by atoms with E-state index in [9.17, 15) is 14.4 Å². The zero-order valence-corrected chi connectivity index (χ0v) is 19.0. The molecular formula is C26H25N3O5. The summed E-state index contributed by atoms with van der Waals surface area (Å²) in [6.45, 7) is 3.71. The summed E-state index contributed by atoms with van der Waals surface area (Å²) in [5.74, 6) is 0.0830. The Bertz CT molecular complexity index is 1230. The monoisotopic (exact) mass is 459 g/mol. The number of Topliss-reactive ketones (excluding diaryl/α,β-unsaturated/α-hetero) is 1. The van der Waals surface area contributed by atoms with Crippen molar-refractivity contribution in [2.45, 2.75) is 20.4 Å². The van der Waals surface area contributed by atoms with E-state index in [1.54, 1.807) is 36.5 Å². The van der Waals surface area contributed by atoms with Crippen molar-refractivity contribution < 1.29 is 23.9 Å². The van der Waals surface area contributed by atoms with Crippen LogP contribution < -0.4 is 19.7 Å². The predicted octanol–water partition coefficient (Wildman–Crippen LogP) is 3.00. The number of nitrogens with zero attached hydrogens (tertiary/aromatic N) is 2. The Labute approximate surface area is 197 Å². The highest BCUT2D eigenvalue weighted by atomic mass is 16.5. The van der Waals surface area contributed by atoms with Gasteiger partial charge in [-0.25, -0.2) is 0 Å². The van der Waals surface area contributed by atoms with E-state index in [0.717, 1.165) is 11.1 Å². The second kappa shape index (κ2) is 10.2. The fourth-order valence-corrected chi connectivity index (χ4v) is 3.48. The van der Waals surface area contributed by atoms with Crippen LogP contribution in [-0.4, -0.2) is 42.3 Å². The van der Waals surface area contributed by atoms with Crippen LogP contribution in [0.5, 0.6) is 11.5 Å². The smallest absolute Gasteiger partial charge is 0.265 e. The number of ketones is 1. The molecule has 1 aliphatic heterocycles. The zero-order valence-electron chi connectivity index (χ0n) is 19.0. The summed E-state index contributed by atoms with van der Waals surface area (Å²) in [7, 11) is 0. The first kappa shape index (κ1) is 23.0. The van der Waals surface area contributed by atoms with E-state index in [4.69, 9.17) is 9.47 Å². The topological polar surface area (TPSA) is 97.8 Å². The molecule has 0 radical (unpaired) electrons. The number of ether oxygens (including phenoxy) is 2. The number of carbonyl (C=O) groups is 3. The molecule has 1 aliphatic rings. The average Bonchev–Trinajstić information content (AvgIpc) is 2.85. The van der Waals surface area contributed by atoms with Crippen LogP contribution in [0.1, 0.15) is 27.2 Å². The number of hydrogen-bond acceptors (Lipinski definition) is 6. The molecule has 0 fully saturated rings. The van der Waals surface area contributed by atoms with E-state index < -0.39 is 0 Å². The minimum absolute atomic E-state index is 0.152. The van der Waals surface area contributed by atoms with Crippen molar-refractivity contribution >= 4 is 23.3 Å². The number of hydrogen-bond donors (Lipinski definition) is 1. The highest BCUT2D eigenvalue weighted by molar-refractivity contribution is 6.04. The first-order chi connectivity index (χ1) is 16.4. The Morgan fingerprint density at radius 3 is 2.71 bits per heavy atom. The van der Waals surface area contributed by atoms with Gasteiger partial charge in [0.2, 0.25) is 5.91 Å². The van der Waals surface area contributed by atoms with Crippen molar-refractivity contribution in [2.75, 3.05) is 24.7 Å². The molecule has 1 aromatic heterocycles. The van der Waals surface area contributed by atoms with Gasteiger partial charge in [0.05, 0.1) is 17.9 Å². The van der Waals surface area contributed by atoms with Gasteiger partial charge in [-0.15, -0.1) is 0 Å². The molecule has 34 heavy (non-hydrogen) atoms. The lowest BCUT2D eigenvalue weighted by atomic mass is 10.1. The predicted molar refractivity (Wildman–Crippen MR) is 126 cm³/mol. The number of aromatic nitrogens is 1. The van der Waals surface area contributed by atoms with Gasteiger partial charge in [-0.1, -0.05) is 12.1 Å². The Kier molecular flexibility index (Phi) is 6.87. The van der Waals surface area contributed by atoms with Crippen LogP contribution >= 0.6 is 0 Å². The molecule has 174 valence electrons. The van der Waals surface area contributed by atoms with Gasteiger partial charge >= 0.3 is 0 Å². The number of amides is 2.